The van der Waals surface area contributed by atoms with Crippen LogP contribution in [0.2, 0.25) is 0 Å². The van der Waals surface area contributed by atoms with Crippen LogP contribution in [0.3, 0.4) is 0 Å². The van der Waals surface area contributed by atoms with Gasteiger partial charge in [0, 0.05) is 17.5 Å². The highest BCUT2D eigenvalue weighted by Gasteiger charge is 2.16. The zero-order valence-corrected chi connectivity index (χ0v) is 14.6. The molecule has 2 N–H and O–H groups in total. The van der Waals surface area contributed by atoms with E-state index in [-0.39, 0.29) is 17.1 Å². The normalized spacial score (nSPS) is 11.5. The van der Waals surface area contributed by atoms with Gasteiger partial charge in [0.25, 0.3) is 0 Å². The smallest absolute Gasteiger partial charge is 0.237 e. The van der Waals surface area contributed by atoms with Crippen molar-refractivity contribution < 1.29 is 14.3 Å². The highest BCUT2D eigenvalue weighted by Crippen LogP contribution is 2.28. The predicted molar refractivity (Wildman–Crippen MR) is 97.7 cm³/mol. The third kappa shape index (κ3) is 5.03. The van der Waals surface area contributed by atoms with Crippen molar-refractivity contribution in [3.8, 4) is 5.75 Å². The topological polar surface area (TPSA) is 67.4 Å². The molecule has 0 saturated heterocycles. The van der Waals surface area contributed by atoms with Gasteiger partial charge in [-0.1, -0.05) is 12.1 Å². The summed E-state index contributed by atoms with van der Waals surface area (Å²) < 4.78 is 5.23. The summed E-state index contributed by atoms with van der Waals surface area (Å²) in [4.78, 5) is 24.3. The third-order valence-electron chi connectivity index (χ3n) is 3.22. The van der Waals surface area contributed by atoms with Gasteiger partial charge in [0.05, 0.1) is 18.0 Å². The van der Waals surface area contributed by atoms with E-state index < -0.39 is 0 Å². The number of rotatable bonds is 6. The van der Waals surface area contributed by atoms with Gasteiger partial charge in [-0.05, 0) is 43.3 Å². The molecule has 2 amide bonds. The Kier molecular flexibility index (Phi) is 6.26. The van der Waals surface area contributed by atoms with Crippen LogP contribution in [0, 0.1) is 0 Å². The van der Waals surface area contributed by atoms with E-state index in [0.717, 1.165) is 10.6 Å². The first-order valence-electron chi connectivity index (χ1n) is 7.48. The van der Waals surface area contributed by atoms with E-state index in [4.69, 9.17) is 4.74 Å². The van der Waals surface area contributed by atoms with Crippen molar-refractivity contribution in [3.63, 3.8) is 0 Å². The number of hydrogen-bond acceptors (Lipinski definition) is 4. The largest absolute Gasteiger partial charge is 0.495 e. The lowest BCUT2D eigenvalue weighted by molar-refractivity contribution is -0.115. The number of carbonyl (C=O) groups is 2. The van der Waals surface area contributed by atoms with Gasteiger partial charge in [-0.2, -0.15) is 0 Å². The fourth-order valence-corrected chi connectivity index (χ4v) is 2.93. The number of hydrogen-bond donors (Lipinski definition) is 2. The molecular formula is C18H20N2O3S. The van der Waals surface area contributed by atoms with Crippen LogP contribution in [0.5, 0.6) is 5.75 Å². The lowest BCUT2D eigenvalue weighted by Gasteiger charge is -2.14. The molecule has 2 rings (SSSR count). The zero-order chi connectivity index (χ0) is 17.5. The molecule has 0 radical (unpaired) electrons. The van der Waals surface area contributed by atoms with Crippen LogP contribution in [0.15, 0.2) is 53.4 Å². The molecule has 0 bridgehead atoms. The number of para-hydroxylation sites is 2. The summed E-state index contributed by atoms with van der Waals surface area (Å²) in [5, 5.41) is 5.31. The number of ether oxygens (including phenoxy) is 1. The molecule has 0 fully saturated rings. The molecule has 0 aliphatic carbocycles. The van der Waals surface area contributed by atoms with E-state index in [2.05, 4.69) is 10.6 Å². The summed E-state index contributed by atoms with van der Waals surface area (Å²) >= 11 is 1.45. The summed E-state index contributed by atoms with van der Waals surface area (Å²) in [7, 11) is 1.57. The van der Waals surface area contributed by atoms with Gasteiger partial charge in [0.1, 0.15) is 5.75 Å². The molecule has 1 atom stereocenters. The first kappa shape index (κ1) is 17.9. The SMILES string of the molecule is COc1ccccc1NC(=O)[C@@H](C)Sc1ccc(NC(C)=O)cc1. The van der Waals surface area contributed by atoms with Crippen molar-refractivity contribution in [1.29, 1.82) is 0 Å². The van der Waals surface area contributed by atoms with Crippen LogP contribution in [0.1, 0.15) is 13.8 Å². The highest BCUT2D eigenvalue weighted by atomic mass is 32.2. The highest BCUT2D eigenvalue weighted by molar-refractivity contribution is 8.00. The minimum atomic E-state index is -0.276. The van der Waals surface area contributed by atoms with Crippen molar-refractivity contribution in [2.24, 2.45) is 0 Å². The fourth-order valence-electron chi connectivity index (χ4n) is 2.06. The van der Waals surface area contributed by atoms with Crippen LogP contribution in [0.25, 0.3) is 0 Å². The Hall–Kier alpha value is -2.47. The van der Waals surface area contributed by atoms with E-state index in [1.54, 1.807) is 19.2 Å². The van der Waals surface area contributed by atoms with E-state index >= 15 is 0 Å². The molecule has 6 heteroatoms. The number of anilines is 2. The Bertz CT molecular complexity index is 716. The van der Waals surface area contributed by atoms with Crippen molar-refractivity contribution in [2.45, 2.75) is 24.0 Å². The van der Waals surface area contributed by atoms with Crippen LogP contribution in [-0.4, -0.2) is 24.2 Å². The molecule has 0 aliphatic heterocycles. The average Bonchev–Trinajstić information content (AvgIpc) is 2.56. The standard InChI is InChI=1S/C18H20N2O3S/c1-12(18(22)20-16-6-4-5-7-17(16)23-3)24-15-10-8-14(9-11-15)19-13(2)21/h4-12H,1-3H3,(H,19,21)(H,20,22)/t12-/m1/s1. The Morgan fingerprint density at radius 1 is 1.04 bits per heavy atom. The summed E-state index contributed by atoms with van der Waals surface area (Å²) in [6.45, 7) is 3.31. The molecule has 0 spiro atoms. The van der Waals surface area contributed by atoms with Crippen molar-refractivity contribution >= 4 is 35.0 Å². The second-order valence-corrected chi connectivity index (χ2v) is 6.57. The van der Waals surface area contributed by atoms with Gasteiger partial charge in [0.2, 0.25) is 11.8 Å². The van der Waals surface area contributed by atoms with Crippen molar-refractivity contribution in [3.05, 3.63) is 48.5 Å². The molecule has 126 valence electrons. The number of thioether (sulfide) groups is 1. The number of methoxy groups -OCH3 is 1. The number of carbonyl (C=O) groups excluding carboxylic acids is 2. The van der Waals surface area contributed by atoms with Crippen LogP contribution in [0.4, 0.5) is 11.4 Å². The molecule has 5 nitrogen and oxygen atoms in total. The Morgan fingerprint density at radius 3 is 2.33 bits per heavy atom. The molecule has 2 aromatic carbocycles. The lowest BCUT2D eigenvalue weighted by atomic mass is 10.3. The third-order valence-corrected chi connectivity index (χ3v) is 4.33. The summed E-state index contributed by atoms with van der Waals surface area (Å²) in [5.74, 6) is 0.415. The first-order chi connectivity index (χ1) is 11.5. The maximum Gasteiger partial charge on any atom is 0.237 e. The number of amides is 2. The quantitative estimate of drug-likeness (QED) is 0.783. The average molecular weight is 344 g/mol. The van der Waals surface area contributed by atoms with E-state index in [0.29, 0.717) is 11.4 Å². The monoisotopic (exact) mass is 344 g/mol. The van der Waals surface area contributed by atoms with E-state index in [1.165, 1.54) is 18.7 Å². The fraction of sp³-hybridized carbons (Fsp3) is 0.222. The molecule has 0 heterocycles. The molecule has 0 saturated carbocycles. The number of benzene rings is 2. The Balaban J connectivity index is 1.97. The minimum absolute atomic E-state index is 0.101. The van der Waals surface area contributed by atoms with Crippen molar-refractivity contribution in [2.75, 3.05) is 17.7 Å². The van der Waals surface area contributed by atoms with Crippen LogP contribution >= 0.6 is 11.8 Å². The summed E-state index contributed by atoms with van der Waals surface area (Å²) in [6, 6.07) is 14.7. The first-order valence-corrected chi connectivity index (χ1v) is 8.35. The van der Waals surface area contributed by atoms with Gasteiger partial charge in [-0.3, -0.25) is 9.59 Å². The van der Waals surface area contributed by atoms with E-state index in [1.807, 2.05) is 43.3 Å². The summed E-state index contributed by atoms with van der Waals surface area (Å²) in [6.07, 6.45) is 0. The maximum absolute atomic E-state index is 12.4. The Labute approximate surface area is 145 Å². The number of nitrogens with one attached hydrogen (secondary N) is 2. The lowest BCUT2D eigenvalue weighted by Crippen LogP contribution is -2.22. The predicted octanol–water partition coefficient (Wildman–Crippen LogP) is 3.77. The molecule has 0 aromatic heterocycles. The maximum atomic E-state index is 12.4. The Morgan fingerprint density at radius 2 is 1.71 bits per heavy atom. The van der Waals surface area contributed by atoms with Gasteiger partial charge < -0.3 is 15.4 Å². The molecular weight excluding hydrogens is 324 g/mol. The van der Waals surface area contributed by atoms with Gasteiger partial charge >= 0.3 is 0 Å². The van der Waals surface area contributed by atoms with E-state index in [9.17, 15) is 9.59 Å². The second-order valence-electron chi connectivity index (χ2n) is 5.16. The van der Waals surface area contributed by atoms with Crippen LogP contribution in [-0.2, 0) is 9.59 Å². The van der Waals surface area contributed by atoms with Crippen LogP contribution < -0.4 is 15.4 Å². The molecule has 2 aromatic rings. The molecule has 0 unspecified atom stereocenters. The second kappa shape index (κ2) is 8.40. The van der Waals surface area contributed by atoms with Gasteiger partial charge in [-0.15, -0.1) is 11.8 Å². The minimum Gasteiger partial charge on any atom is -0.495 e. The summed E-state index contributed by atoms with van der Waals surface area (Å²) in [5.41, 5.74) is 1.39. The van der Waals surface area contributed by atoms with Gasteiger partial charge in [-0.25, -0.2) is 0 Å². The zero-order valence-electron chi connectivity index (χ0n) is 13.8. The molecule has 0 aliphatic rings. The van der Waals surface area contributed by atoms with Gasteiger partial charge in [0.15, 0.2) is 0 Å². The molecule has 24 heavy (non-hydrogen) atoms. The van der Waals surface area contributed by atoms with Crippen molar-refractivity contribution in [1.82, 2.24) is 0 Å².